The lowest BCUT2D eigenvalue weighted by Crippen LogP contribution is -2.24. The van der Waals surface area contributed by atoms with E-state index in [0.29, 0.717) is 17.4 Å². The van der Waals surface area contributed by atoms with Gasteiger partial charge in [0.15, 0.2) is 6.61 Å². The fourth-order valence-corrected chi connectivity index (χ4v) is 2.21. The first kappa shape index (κ1) is 16.3. The van der Waals surface area contributed by atoms with Crippen molar-refractivity contribution in [3.05, 3.63) is 52.4 Å². The van der Waals surface area contributed by atoms with Crippen LogP contribution in [-0.4, -0.2) is 18.7 Å². The molecular weight excluding hydrogens is 348 g/mol. The molecule has 0 aliphatic rings. The van der Waals surface area contributed by atoms with Crippen LogP contribution < -0.4 is 10.2 Å². The van der Waals surface area contributed by atoms with Crippen LogP contribution in [0, 0.1) is 0 Å². The third-order valence-electron chi connectivity index (χ3n) is 2.91. The smallest absolute Gasteiger partial charge is 0.277 e. The van der Waals surface area contributed by atoms with Crippen molar-refractivity contribution in [3.63, 3.8) is 0 Å². The van der Waals surface area contributed by atoms with Gasteiger partial charge < -0.3 is 9.15 Å². The standard InChI is InChI=1S/C16H17BrN2O3/c1-11(2)12-5-6-15(14(17)8-12)22-10-16(20)19-18-9-13-4-3-7-21-13/h3-9,11H,10H2,1-2H3,(H,19,20)/b18-9-. The maximum Gasteiger partial charge on any atom is 0.277 e. The van der Waals surface area contributed by atoms with Crippen LogP contribution in [0.15, 0.2) is 50.6 Å². The van der Waals surface area contributed by atoms with Crippen molar-refractivity contribution < 1.29 is 13.9 Å². The summed E-state index contributed by atoms with van der Waals surface area (Å²) in [5.41, 5.74) is 3.57. The number of hydrazone groups is 1. The fraction of sp³-hybridized carbons (Fsp3) is 0.250. The highest BCUT2D eigenvalue weighted by molar-refractivity contribution is 9.10. The largest absolute Gasteiger partial charge is 0.483 e. The van der Waals surface area contributed by atoms with E-state index in [4.69, 9.17) is 9.15 Å². The van der Waals surface area contributed by atoms with Gasteiger partial charge >= 0.3 is 0 Å². The molecule has 116 valence electrons. The number of nitrogens with zero attached hydrogens (tertiary/aromatic N) is 1. The van der Waals surface area contributed by atoms with E-state index in [2.05, 4.69) is 40.3 Å². The van der Waals surface area contributed by atoms with Crippen LogP contribution in [0.25, 0.3) is 0 Å². The van der Waals surface area contributed by atoms with E-state index < -0.39 is 0 Å². The average molecular weight is 365 g/mol. The second-order valence-electron chi connectivity index (χ2n) is 4.94. The first-order chi connectivity index (χ1) is 10.6. The number of hydrogen-bond donors (Lipinski definition) is 1. The predicted molar refractivity (Wildman–Crippen MR) is 88.2 cm³/mol. The van der Waals surface area contributed by atoms with E-state index >= 15 is 0 Å². The van der Waals surface area contributed by atoms with Gasteiger partial charge in [-0.15, -0.1) is 0 Å². The van der Waals surface area contributed by atoms with Crippen LogP contribution in [0.1, 0.15) is 31.1 Å². The SMILES string of the molecule is CC(C)c1ccc(OCC(=O)N/N=C\c2ccco2)c(Br)c1. The van der Waals surface area contributed by atoms with Crippen LogP contribution >= 0.6 is 15.9 Å². The van der Waals surface area contributed by atoms with Gasteiger partial charge in [0, 0.05) is 0 Å². The monoisotopic (exact) mass is 364 g/mol. The van der Waals surface area contributed by atoms with Crippen LogP contribution in [-0.2, 0) is 4.79 Å². The number of rotatable bonds is 6. The molecule has 6 heteroatoms. The normalized spacial score (nSPS) is 11.1. The number of amides is 1. The highest BCUT2D eigenvalue weighted by Crippen LogP contribution is 2.28. The van der Waals surface area contributed by atoms with Gasteiger partial charge in [-0.2, -0.15) is 5.10 Å². The van der Waals surface area contributed by atoms with Crippen molar-refractivity contribution in [1.82, 2.24) is 5.43 Å². The fourth-order valence-electron chi connectivity index (χ4n) is 1.70. The molecule has 5 nitrogen and oxygen atoms in total. The van der Waals surface area contributed by atoms with Gasteiger partial charge in [0.25, 0.3) is 5.91 Å². The number of hydrogen-bond acceptors (Lipinski definition) is 4. The lowest BCUT2D eigenvalue weighted by Gasteiger charge is -2.10. The van der Waals surface area contributed by atoms with Gasteiger partial charge in [-0.05, 0) is 51.7 Å². The third-order valence-corrected chi connectivity index (χ3v) is 3.53. The van der Waals surface area contributed by atoms with Gasteiger partial charge in [-0.3, -0.25) is 4.79 Å². The molecule has 1 heterocycles. The van der Waals surface area contributed by atoms with E-state index in [0.717, 1.165) is 4.47 Å². The molecule has 2 aromatic rings. The second kappa shape index (κ2) is 7.79. The van der Waals surface area contributed by atoms with Crippen LogP contribution in [0.3, 0.4) is 0 Å². The van der Waals surface area contributed by atoms with Crippen molar-refractivity contribution in [2.45, 2.75) is 19.8 Å². The number of ether oxygens (including phenoxy) is 1. The Labute approximate surface area is 137 Å². The Kier molecular flexibility index (Phi) is 5.77. The third kappa shape index (κ3) is 4.73. The van der Waals surface area contributed by atoms with Gasteiger partial charge in [-0.25, -0.2) is 5.43 Å². The highest BCUT2D eigenvalue weighted by Gasteiger charge is 2.07. The van der Waals surface area contributed by atoms with Crippen molar-refractivity contribution >= 4 is 28.1 Å². The predicted octanol–water partition coefficient (Wildman–Crippen LogP) is 3.69. The van der Waals surface area contributed by atoms with Crippen LogP contribution in [0.2, 0.25) is 0 Å². The van der Waals surface area contributed by atoms with Crippen molar-refractivity contribution in [3.8, 4) is 5.75 Å². The van der Waals surface area contributed by atoms with E-state index in [-0.39, 0.29) is 12.5 Å². The van der Waals surface area contributed by atoms with Crippen molar-refractivity contribution in [2.75, 3.05) is 6.61 Å². The maximum absolute atomic E-state index is 11.6. The molecule has 1 aromatic carbocycles. The van der Waals surface area contributed by atoms with E-state index in [9.17, 15) is 4.79 Å². The van der Waals surface area contributed by atoms with E-state index in [1.54, 1.807) is 12.1 Å². The molecule has 1 amide bonds. The number of benzene rings is 1. The summed E-state index contributed by atoms with van der Waals surface area (Å²) in [4.78, 5) is 11.6. The number of carbonyl (C=O) groups is 1. The molecular formula is C16H17BrN2O3. The number of furan rings is 1. The van der Waals surface area contributed by atoms with Crippen LogP contribution in [0.5, 0.6) is 5.75 Å². The molecule has 2 rings (SSSR count). The summed E-state index contributed by atoms with van der Waals surface area (Å²) in [5, 5.41) is 3.78. The Balaban J connectivity index is 1.83. The van der Waals surface area contributed by atoms with E-state index in [1.807, 2.05) is 18.2 Å². The summed E-state index contributed by atoms with van der Waals surface area (Å²) >= 11 is 3.45. The van der Waals surface area contributed by atoms with Crippen molar-refractivity contribution in [1.29, 1.82) is 0 Å². The zero-order chi connectivity index (χ0) is 15.9. The second-order valence-corrected chi connectivity index (χ2v) is 5.80. The summed E-state index contributed by atoms with van der Waals surface area (Å²) < 4.78 is 11.3. The lowest BCUT2D eigenvalue weighted by molar-refractivity contribution is -0.123. The summed E-state index contributed by atoms with van der Waals surface area (Å²) in [6.07, 6.45) is 2.95. The minimum atomic E-state index is -0.345. The van der Waals surface area contributed by atoms with Gasteiger partial charge in [-0.1, -0.05) is 19.9 Å². The molecule has 0 saturated heterocycles. The molecule has 22 heavy (non-hydrogen) atoms. The number of nitrogens with one attached hydrogen (secondary N) is 1. The van der Waals surface area contributed by atoms with Crippen LogP contribution in [0.4, 0.5) is 0 Å². The Morgan fingerprint density at radius 2 is 2.27 bits per heavy atom. The molecule has 0 aliphatic heterocycles. The van der Waals surface area contributed by atoms with E-state index in [1.165, 1.54) is 18.0 Å². The topological polar surface area (TPSA) is 63.8 Å². The Bertz CT molecular complexity index is 651. The molecule has 0 aliphatic carbocycles. The molecule has 0 bridgehead atoms. The molecule has 0 saturated carbocycles. The summed E-state index contributed by atoms with van der Waals surface area (Å²) in [6, 6.07) is 9.30. The van der Waals surface area contributed by atoms with Gasteiger partial charge in [0.1, 0.15) is 11.5 Å². The summed E-state index contributed by atoms with van der Waals surface area (Å²) in [7, 11) is 0. The molecule has 0 spiro atoms. The molecule has 0 radical (unpaired) electrons. The Morgan fingerprint density at radius 3 is 2.91 bits per heavy atom. The zero-order valence-corrected chi connectivity index (χ0v) is 14.0. The van der Waals surface area contributed by atoms with Crippen molar-refractivity contribution in [2.24, 2.45) is 5.10 Å². The minimum Gasteiger partial charge on any atom is -0.483 e. The quantitative estimate of drug-likeness (QED) is 0.627. The molecule has 0 unspecified atom stereocenters. The first-order valence-corrected chi connectivity index (χ1v) is 7.63. The molecule has 1 N–H and O–H groups in total. The highest BCUT2D eigenvalue weighted by atomic mass is 79.9. The first-order valence-electron chi connectivity index (χ1n) is 6.84. The molecule has 0 fully saturated rings. The Hall–Kier alpha value is -2.08. The molecule has 0 atom stereocenters. The minimum absolute atomic E-state index is 0.116. The van der Waals surface area contributed by atoms with Gasteiger partial charge in [0.2, 0.25) is 0 Å². The zero-order valence-electron chi connectivity index (χ0n) is 12.4. The number of halogens is 1. The van der Waals surface area contributed by atoms with Gasteiger partial charge in [0.05, 0.1) is 17.0 Å². The maximum atomic E-state index is 11.6. The average Bonchev–Trinajstić information content (AvgIpc) is 2.99. The summed E-state index contributed by atoms with van der Waals surface area (Å²) in [6.45, 7) is 4.12. The lowest BCUT2D eigenvalue weighted by atomic mass is 10.0. The number of carbonyl (C=O) groups excluding carboxylic acids is 1. The summed E-state index contributed by atoms with van der Waals surface area (Å²) in [5.74, 6) is 1.27. The Morgan fingerprint density at radius 1 is 1.45 bits per heavy atom. The molecule has 1 aromatic heterocycles.